The Hall–Kier alpha value is -0.670. The molecule has 2 aromatic rings. The topological polar surface area (TPSA) is 79.5 Å². The number of unbranched alkanes of at least 4 members (excludes halogenated alkanes) is 3. The van der Waals surface area contributed by atoms with Crippen molar-refractivity contribution in [3.63, 3.8) is 0 Å². The maximum absolute atomic E-state index is 12.6. The van der Waals surface area contributed by atoms with E-state index < -0.39 is 16.1 Å². The Bertz CT molecular complexity index is 728. The van der Waals surface area contributed by atoms with E-state index in [0.717, 1.165) is 47.2 Å². The van der Waals surface area contributed by atoms with Crippen LogP contribution in [0.5, 0.6) is 0 Å². The molecule has 140 valence electrons. The van der Waals surface area contributed by atoms with Crippen molar-refractivity contribution in [3.8, 4) is 0 Å². The average molecular weight is 450 g/mol. The summed E-state index contributed by atoms with van der Waals surface area (Å²) in [5.41, 5.74) is 0. The summed E-state index contributed by atoms with van der Waals surface area (Å²) in [4.78, 5) is 0. The third kappa shape index (κ3) is 5.92. The lowest BCUT2D eigenvalue weighted by molar-refractivity contribution is 0.223. The zero-order valence-corrected chi connectivity index (χ0v) is 17.4. The monoisotopic (exact) mass is 449 g/mol. The van der Waals surface area contributed by atoms with Crippen molar-refractivity contribution in [2.75, 3.05) is 6.61 Å². The summed E-state index contributed by atoms with van der Waals surface area (Å²) in [6.07, 6.45) is 6.65. The van der Waals surface area contributed by atoms with Gasteiger partial charge in [-0.25, -0.2) is 13.1 Å². The van der Waals surface area contributed by atoms with Gasteiger partial charge in [-0.05, 0) is 46.6 Å². The van der Waals surface area contributed by atoms with E-state index in [-0.39, 0.29) is 16.7 Å². The van der Waals surface area contributed by atoms with Crippen LogP contribution in [0.3, 0.4) is 0 Å². The Kier molecular flexibility index (Phi) is 8.15. The van der Waals surface area contributed by atoms with Gasteiger partial charge < -0.3 is 9.52 Å². The molecule has 0 spiro atoms. The highest BCUT2D eigenvalue weighted by atomic mass is 79.9. The molecule has 2 heterocycles. The predicted octanol–water partition coefficient (Wildman–Crippen LogP) is 4.50. The Balaban J connectivity index is 2.15. The van der Waals surface area contributed by atoms with Gasteiger partial charge >= 0.3 is 0 Å². The summed E-state index contributed by atoms with van der Waals surface area (Å²) in [6, 6.07) is 6.24. The number of furan rings is 1. The molecule has 0 bridgehead atoms. The molecular formula is C17H24BrNO4S2. The van der Waals surface area contributed by atoms with Gasteiger partial charge in [0.1, 0.15) is 9.97 Å². The van der Waals surface area contributed by atoms with Crippen LogP contribution in [0.2, 0.25) is 0 Å². The highest BCUT2D eigenvalue weighted by Gasteiger charge is 2.30. The fraction of sp³-hybridized carbons (Fsp3) is 0.529. The Morgan fingerprint density at radius 3 is 2.64 bits per heavy atom. The second-order valence-corrected chi connectivity index (χ2v) is 10.3. The molecule has 0 aliphatic rings. The third-order valence-electron chi connectivity index (χ3n) is 4.08. The fourth-order valence-electron chi connectivity index (χ4n) is 2.78. The summed E-state index contributed by atoms with van der Waals surface area (Å²) in [5.74, 6) is 0.501. The predicted molar refractivity (Wildman–Crippen MR) is 103 cm³/mol. The fourth-order valence-corrected chi connectivity index (χ4v) is 6.08. The molecule has 0 radical (unpaired) electrons. The van der Waals surface area contributed by atoms with Gasteiger partial charge in [0.05, 0.1) is 22.7 Å². The van der Waals surface area contributed by atoms with Crippen LogP contribution in [0.25, 0.3) is 0 Å². The SMILES string of the molecule is CCCCCC[C@@H](c1ccco1)[C@@H](CO)NS(=O)(=O)c1ccc(Br)s1. The normalized spacial score (nSPS) is 14.5. The molecule has 0 aliphatic carbocycles. The van der Waals surface area contributed by atoms with Crippen LogP contribution in [0.15, 0.2) is 42.9 Å². The molecule has 0 saturated carbocycles. The lowest BCUT2D eigenvalue weighted by Gasteiger charge is -2.24. The van der Waals surface area contributed by atoms with Crippen molar-refractivity contribution in [2.24, 2.45) is 0 Å². The maximum atomic E-state index is 12.6. The van der Waals surface area contributed by atoms with Gasteiger partial charge in [0, 0.05) is 5.92 Å². The van der Waals surface area contributed by atoms with E-state index in [9.17, 15) is 13.5 Å². The van der Waals surface area contributed by atoms with Crippen LogP contribution in [0.1, 0.15) is 50.7 Å². The van der Waals surface area contributed by atoms with Crippen LogP contribution in [-0.2, 0) is 10.0 Å². The van der Waals surface area contributed by atoms with Crippen molar-refractivity contribution in [3.05, 3.63) is 40.1 Å². The van der Waals surface area contributed by atoms with E-state index >= 15 is 0 Å². The first-order valence-corrected chi connectivity index (χ1v) is 11.5. The Labute approximate surface area is 161 Å². The van der Waals surface area contributed by atoms with Crippen LogP contribution in [0, 0.1) is 0 Å². The molecule has 2 rings (SSSR count). The van der Waals surface area contributed by atoms with Gasteiger partial charge in [-0.3, -0.25) is 0 Å². The number of rotatable bonds is 11. The molecule has 0 unspecified atom stereocenters. The highest BCUT2D eigenvalue weighted by molar-refractivity contribution is 9.11. The van der Waals surface area contributed by atoms with E-state index in [4.69, 9.17) is 4.42 Å². The van der Waals surface area contributed by atoms with Crippen molar-refractivity contribution < 1.29 is 17.9 Å². The number of aliphatic hydroxyl groups excluding tert-OH is 1. The first-order chi connectivity index (χ1) is 12.0. The van der Waals surface area contributed by atoms with Gasteiger partial charge in [-0.15, -0.1) is 11.3 Å². The van der Waals surface area contributed by atoms with Gasteiger partial charge in [-0.2, -0.15) is 0 Å². The Morgan fingerprint density at radius 2 is 2.08 bits per heavy atom. The van der Waals surface area contributed by atoms with Crippen LogP contribution in [0.4, 0.5) is 0 Å². The number of aliphatic hydroxyl groups is 1. The standard InChI is InChI=1S/C17H24BrNO4S2/c1-2-3-4-5-7-13(15-8-6-11-23-15)14(12-20)19-25(21,22)17-10-9-16(18)24-17/h6,8-11,13-14,19-20H,2-5,7,12H2,1H3/t13-,14-/m1/s1. The van der Waals surface area contributed by atoms with Gasteiger partial charge in [0.15, 0.2) is 0 Å². The van der Waals surface area contributed by atoms with Gasteiger partial charge in [0.25, 0.3) is 0 Å². The first-order valence-electron chi connectivity index (χ1n) is 8.40. The minimum atomic E-state index is -3.69. The summed E-state index contributed by atoms with van der Waals surface area (Å²) < 4.78 is 34.3. The summed E-state index contributed by atoms with van der Waals surface area (Å²) >= 11 is 4.42. The minimum absolute atomic E-state index is 0.199. The number of thiophene rings is 1. The molecule has 0 aliphatic heterocycles. The maximum Gasteiger partial charge on any atom is 0.250 e. The molecule has 0 fully saturated rings. The second-order valence-electron chi connectivity index (χ2n) is 5.94. The van der Waals surface area contributed by atoms with Gasteiger partial charge in [-0.1, -0.05) is 32.6 Å². The van der Waals surface area contributed by atoms with Crippen LogP contribution < -0.4 is 4.72 Å². The molecule has 0 amide bonds. The van der Waals surface area contributed by atoms with Gasteiger partial charge in [0.2, 0.25) is 10.0 Å². The van der Waals surface area contributed by atoms with Crippen molar-refractivity contribution in [1.82, 2.24) is 4.72 Å². The number of nitrogens with one attached hydrogen (secondary N) is 1. The highest BCUT2D eigenvalue weighted by Crippen LogP contribution is 2.30. The first kappa shape index (κ1) is 20.6. The van der Waals surface area contributed by atoms with E-state index in [2.05, 4.69) is 27.6 Å². The molecular weight excluding hydrogens is 426 g/mol. The average Bonchev–Trinajstić information content (AvgIpc) is 3.25. The van der Waals surface area contributed by atoms with E-state index in [0.29, 0.717) is 5.76 Å². The largest absolute Gasteiger partial charge is 0.469 e. The molecule has 2 atom stereocenters. The molecule has 25 heavy (non-hydrogen) atoms. The lowest BCUT2D eigenvalue weighted by atomic mass is 9.92. The zero-order chi connectivity index (χ0) is 18.3. The lowest BCUT2D eigenvalue weighted by Crippen LogP contribution is -2.41. The van der Waals surface area contributed by atoms with E-state index in [1.807, 2.05) is 6.07 Å². The Morgan fingerprint density at radius 1 is 1.28 bits per heavy atom. The number of hydrogen-bond donors (Lipinski definition) is 2. The molecule has 0 saturated heterocycles. The third-order valence-corrected chi connectivity index (χ3v) is 7.69. The molecule has 2 N–H and O–H groups in total. The van der Waals surface area contributed by atoms with E-state index in [1.165, 1.54) is 0 Å². The summed E-state index contributed by atoms with van der Waals surface area (Å²) in [6.45, 7) is 1.86. The molecule has 0 aromatic carbocycles. The van der Waals surface area contributed by atoms with Crippen LogP contribution in [-0.4, -0.2) is 26.2 Å². The quantitative estimate of drug-likeness (QED) is 0.494. The second kappa shape index (κ2) is 9.87. The smallest absolute Gasteiger partial charge is 0.250 e. The zero-order valence-electron chi connectivity index (χ0n) is 14.2. The minimum Gasteiger partial charge on any atom is -0.469 e. The molecule has 8 heteroatoms. The van der Waals surface area contributed by atoms with Crippen LogP contribution >= 0.6 is 27.3 Å². The summed E-state index contributed by atoms with van der Waals surface area (Å²) in [5, 5.41) is 9.84. The number of halogens is 1. The number of hydrogen-bond acceptors (Lipinski definition) is 5. The number of sulfonamides is 1. The van der Waals surface area contributed by atoms with Crippen molar-refractivity contribution in [2.45, 2.75) is 55.2 Å². The summed E-state index contributed by atoms with van der Waals surface area (Å²) in [7, 11) is -3.69. The van der Waals surface area contributed by atoms with E-state index in [1.54, 1.807) is 24.5 Å². The molecule has 5 nitrogen and oxygen atoms in total. The molecule has 2 aromatic heterocycles. The van der Waals surface area contributed by atoms with Crippen molar-refractivity contribution in [1.29, 1.82) is 0 Å². The van der Waals surface area contributed by atoms with Crippen molar-refractivity contribution >= 4 is 37.3 Å².